The molecule has 0 radical (unpaired) electrons. The minimum atomic E-state index is -4.66. The van der Waals surface area contributed by atoms with Gasteiger partial charge in [0.1, 0.15) is 23.7 Å². The molecule has 2 amide bonds. The minimum Gasteiger partial charge on any atom is -0.480 e. The zero-order valence-electron chi connectivity index (χ0n) is 18.2. The highest BCUT2D eigenvalue weighted by Gasteiger charge is 2.33. The second kappa shape index (κ2) is 11.4. The number of hydrogen-bond donors (Lipinski definition) is 3. The molecule has 0 fully saturated rings. The quantitative estimate of drug-likeness (QED) is 0.360. The molecule has 1 aromatic heterocycles. The number of carboxylic acids is 1. The predicted octanol–water partition coefficient (Wildman–Crippen LogP) is 5.01. The molecule has 3 rings (SSSR count). The number of carbonyl (C=O) groups is 3. The summed E-state index contributed by atoms with van der Waals surface area (Å²) in [5, 5.41) is 12.7. The lowest BCUT2D eigenvalue weighted by molar-refractivity contribution is -0.137. The Morgan fingerprint density at radius 2 is 1.81 bits per heavy atom. The van der Waals surface area contributed by atoms with Gasteiger partial charge in [0, 0.05) is 24.0 Å². The molecule has 3 N–H and O–H groups in total. The van der Waals surface area contributed by atoms with E-state index in [9.17, 15) is 27.6 Å². The van der Waals surface area contributed by atoms with Crippen LogP contribution in [0, 0.1) is 0 Å². The maximum atomic E-state index is 13.0. The van der Waals surface area contributed by atoms with Crippen molar-refractivity contribution in [3.63, 3.8) is 0 Å². The van der Waals surface area contributed by atoms with Gasteiger partial charge in [-0.15, -0.1) is 0 Å². The number of nitrogens with zero attached hydrogens (tertiary/aromatic N) is 1. The van der Waals surface area contributed by atoms with Gasteiger partial charge in [-0.05, 0) is 48.0 Å². The average Bonchev–Trinajstić information content (AvgIpc) is 2.82. The molecule has 0 saturated carbocycles. The van der Waals surface area contributed by atoms with Gasteiger partial charge in [0.25, 0.3) is 5.91 Å². The number of ether oxygens (including phenoxy) is 1. The van der Waals surface area contributed by atoms with Crippen LogP contribution in [0.3, 0.4) is 0 Å². The van der Waals surface area contributed by atoms with Crippen LogP contribution in [0.4, 0.5) is 18.9 Å². The summed E-state index contributed by atoms with van der Waals surface area (Å²) < 4.78 is 44.7. The molecule has 12 heteroatoms. The summed E-state index contributed by atoms with van der Waals surface area (Å²) in [5.74, 6) is -1.94. The minimum absolute atomic E-state index is 0.0441. The monoisotopic (exact) mass is 519 g/mol. The van der Waals surface area contributed by atoms with Gasteiger partial charge in [-0.25, -0.2) is 0 Å². The summed E-state index contributed by atoms with van der Waals surface area (Å²) in [7, 11) is 0. The fourth-order valence-electron chi connectivity index (χ4n) is 2.84. The Labute approximate surface area is 207 Å². The molecule has 1 heterocycles. The van der Waals surface area contributed by atoms with Crippen LogP contribution in [-0.2, 0) is 15.8 Å². The van der Waals surface area contributed by atoms with Gasteiger partial charge in [0.2, 0.25) is 5.91 Å². The van der Waals surface area contributed by atoms with E-state index >= 15 is 0 Å². The lowest BCUT2D eigenvalue weighted by Crippen LogP contribution is -2.29. The number of rotatable bonds is 8. The maximum Gasteiger partial charge on any atom is 0.417 e. The van der Waals surface area contributed by atoms with E-state index in [1.807, 2.05) is 0 Å². The molecule has 3 aromatic rings. The molecule has 0 unspecified atom stereocenters. The first-order chi connectivity index (χ1) is 17.0. The molecule has 2 aromatic carbocycles. The standard InChI is InChI=1S/C24H17ClF3N3O5/c25-19-6-5-15(11-18(19)24(26,27)28)31-21(32)7-4-14-2-1-3-16(10-14)36-17-8-9-29-20(12-17)23(35)30-13-22(33)34/h1-12H,13H2,(H,30,35)(H,31,32)(H,33,34)/b7-4+. The zero-order valence-corrected chi connectivity index (χ0v) is 18.9. The fraction of sp³-hybridized carbons (Fsp3) is 0.0833. The smallest absolute Gasteiger partial charge is 0.417 e. The number of carboxylic acid groups (broad SMARTS) is 1. The first-order valence-corrected chi connectivity index (χ1v) is 10.5. The second-order valence-corrected chi connectivity index (χ2v) is 7.55. The number of hydrogen-bond acceptors (Lipinski definition) is 5. The topological polar surface area (TPSA) is 118 Å². The first kappa shape index (κ1) is 26.2. The molecular weight excluding hydrogens is 503 g/mol. The number of aliphatic carboxylic acids is 1. The molecule has 36 heavy (non-hydrogen) atoms. The fourth-order valence-corrected chi connectivity index (χ4v) is 3.06. The molecule has 0 saturated heterocycles. The third kappa shape index (κ3) is 7.57. The van der Waals surface area contributed by atoms with Crippen LogP contribution in [0.25, 0.3) is 6.08 Å². The molecule has 0 spiro atoms. The van der Waals surface area contributed by atoms with Crippen molar-refractivity contribution in [1.82, 2.24) is 10.3 Å². The lowest BCUT2D eigenvalue weighted by atomic mass is 10.2. The van der Waals surface area contributed by atoms with Crippen LogP contribution in [0.2, 0.25) is 5.02 Å². The zero-order chi connectivity index (χ0) is 26.3. The summed E-state index contributed by atoms with van der Waals surface area (Å²) in [4.78, 5) is 38.6. The number of alkyl halides is 3. The molecule has 186 valence electrons. The van der Waals surface area contributed by atoms with Crippen LogP contribution in [0.15, 0.2) is 66.9 Å². The van der Waals surface area contributed by atoms with Crippen molar-refractivity contribution in [1.29, 1.82) is 0 Å². The van der Waals surface area contributed by atoms with Gasteiger partial charge in [-0.1, -0.05) is 23.7 Å². The van der Waals surface area contributed by atoms with Crippen LogP contribution >= 0.6 is 11.6 Å². The number of pyridine rings is 1. The normalized spacial score (nSPS) is 11.2. The SMILES string of the molecule is O=C(O)CNC(=O)c1cc(Oc2cccc(/C=C/C(=O)Nc3ccc(Cl)c(C(F)(F)F)c3)c2)ccn1. The van der Waals surface area contributed by atoms with Crippen molar-refractivity contribution in [2.75, 3.05) is 11.9 Å². The Morgan fingerprint density at radius 1 is 1.06 bits per heavy atom. The van der Waals surface area contributed by atoms with Gasteiger partial charge >= 0.3 is 12.1 Å². The van der Waals surface area contributed by atoms with Crippen molar-refractivity contribution in [3.8, 4) is 11.5 Å². The van der Waals surface area contributed by atoms with Crippen LogP contribution < -0.4 is 15.4 Å². The number of amides is 2. The van der Waals surface area contributed by atoms with E-state index in [2.05, 4.69) is 15.6 Å². The number of aromatic nitrogens is 1. The number of anilines is 1. The van der Waals surface area contributed by atoms with Crippen molar-refractivity contribution in [2.24, 2.45) is 0 Å². The molecule has 8 nitrogen and oxygen atoms in total. The number of nitrogens with one attached hydrogen (secondary N) is 2. The average molecular weight is 520 g/mol. The van der Waals surface area contributed by atoms with Gasteiger partial charge in [0.15, 0.2) is 0 Å². The van der Waals surface area contributed by atoms with Crippen LogP contribution in [-0.4, -0.2) is 34.4 Å². The maximum absolute atomic E-state index is 13.0. The third-order valence-corrected chi connectivity index (χ3v) is 4.75. The molecule has 0 aliphatic rings. The van der Waals surface area contributed by atoms with E-state index in [1.54, 1.807) is 24.3 Å². The molecule has 0 bridgehead atoms. The van der Waals surface area contributed by atoms with E-state index in [0.717, 1.165) is 18.2 Å². The predicted molar refractivity (Wildman–Crippen MR) is 125 cm³/mol. The summed E-state index contributed by atoms with van der Waals surface area (Å²) in [6, 6.07) is 12.4. The van der Waals surface area contributed by atoms with Crippen molar-refractivity contribution in [2.45, 2.75) is 6.18 Å². The summed E-state index contributed by atoms with van der Waals surface area (Å²) in [5.41, 5.74) is -0.630. The van der Waals surface area contributed by atoms with Crippen molar-refractivity contribution < 1.29 is 37.4 Å². The highest BCUT2D eigenvalue weighted by molar-refractivity contribution is 6.31. The highest BCUT2D eigenvalue weighted by atomic mass is 35.5. The highest BCUT2D eigenvalue weighted by Crippen LogP contribution is 2.36. The number of carbonyl (C=O) groups excluding carboxylic acids is 2. The lowest BCUT2D eigenvalue weighted by Gasteiger charge is -2.11. The van der Waals surface area contributed by atoms with Crippen LogP contribution in [0.1, 0.15) is 21.6 Å². The van der Waals surface area contributed by atoms with E-state index in [1.165, 1.54) is 30.5 Å². The molecule has 0 aliphatic carbocycles. The third-order valence-electron chi connectivity index (χ3n) is 4.42. The van der Waals surface area contributed by atoms with E-state index < -0.39 is 41.1 Å². The molecule has 0 aliphatic heterocycles. The van der Waals surface area contributed by atoms with Gasteiger partial charge < -0.3 is 20.5 Å². The van der Waals surface area contributed by atoms with Crippen molar-refractivity contribution >= 4 is 41.1 Å². The van der Waals surface area contributed by atoms with E-state index in [4.69, 9.17) is 21.4 Å². The first-order valence-electron chi connectivity index (χ1n) is 10.1. The Kier molecular flexibility index (Phi) is 8.28. The summed E-state index contributed by atoms with van der Waals surface area (Å²) in [6.45, 7) is -0.560. The van der Waals surface area contributed by atoms with Gasteiger partial charge in [-0.2, -0.15) is 13.2 Å². The van der Waals surface area contributed by atoms with E-state index in [0.29, 0.717) is 11.3 Å². The van der Waals surface area contributed by atoms with Crippen LogP contribution in [0.5, 0.6) is 11.5 Å². The number of halogens is 4. The largest absolute Gasteiger partial charge is 0.480 e. The molecule has 0 atom stereocenters. The Hall–Kier alpha value is -4.38. The summed E-state index contributed by atoms with van der Waals surface area (Å²) >= 11 is 5.58. The summed E-state index contributed by atoms with van der Waals surface area (Å²) in [6.07, 6.45) is -0.773. The van der Waals surface area contributed by atoms with Gasteiger partial charge in [-0.3, -0.25) is 19.4 Å². The number of benzene rings is 2. The Bertz CT molecular complexity index is 1330. The molecular formula is C24H17ClF3N3O5. The van der Waals surface area contributed by atoms with E-state index in [-0.39, 0.29) is 17.1 Å². The van der Waals surface area contributed by atoms with Gasteiger partial charge in [0.05, 0.1) is 10.6 Å². The Balaban J connectivity index is 1.66. The second-order valence-electron chi connectivity index (χ2n) is 7.14. The Morgan fingerprint density at radius 3 is 2.53 bits per heavy atom. The van der Waals surface area contributed by atoms with Crippen molar-refractivity contribution in [3.05, 3.63) is 88.7 Å².